The van der Waals surface area contributed by atoms with Gasteiger partial charge in [-0.05, 0) is 19.9 Å². The van der Waals surface area contributed by atoms with Gasteiger partial charge in [0.25, 0.3) is 0 Å². The van der Waals surface area contributed by atoms with Gasteiger partial charge in [0, 0.05) is 30.6 Å². The second kappa shape index (κ2) is 8.50. The second-order valence-corrected chi connectivity index (χ2v) is 7.01. The molecular weight excluding hydrogens is 366 g/mol. The van der Waals surface area contributed by atoms with Crippen LogP contribution in [0, 0.1) is 12.3 Å². The standard InChI is InChI=1S/C18H26F2N2O3.ClH/c1-5-24-14-9-18(21,17(14,3)4)15(23)22-10-12-8-11(2)6-7-13(12)25-16(19)20;/h6-8,14,16H,5,9-10,21H2,1-4H3,(H,22,23);1H. The Hall–Kier alpha value is -1.44. The molecule has 2 rings (SSSR count). The van der Waals surface area contributed by atoms with Crippen LogP contribution in [0.2, 0.25) is 0 Å². The zero-order chi connectivity index (χ0) is 18.8. The third-order valence-corrected chi connectivity index (χ3v) is 5.11. The van der Waals surface area contributed by atoms with Crippen molar-refractivity contribution in [2.24, 2.45) is 11.1 Å². The molecule has 0 bridgehead atoms. The summed E-state index contributed by atoms with van der Waals surface area (Å²) >= 11 is 0. The summed E-state index contributed by atoms with van der Waals surface area (Å²) in [6.45, 7) is 5.23. The van der Waals surface area contributed by atoms with Gasteiger partial charge in [-0.1, -0.05) is 31.5 Å². The van der Waals surface area contributed by atoms with Crippen molar-refractivity contribution in [3.63, 3.8) is 0 Å². The maximum absolute atomic E-state index is 12.6. The third kappa shape index (κ3) is 4.27. The van der Waals surface area contributed by atoms with Crippen molar-refractivity contribution in [1.29, 1.82) is 0 Å². The number of hydrogen-bond acceptors (Lipinski definition) is 4. The number of rotatable bonds is 7. The first kappa shape index (κ1) is 22.6. The second-order valence-electron chi connectivity index (χ2n) is 7.01. The van der Waals surface area contributed by atoms with Gasteiger partial charge in [0.1, 0.15) is 11.3 Å². The van der Waals surface area contributed by atoms with Crippen molar-refractivity contribution in [3.8, 4) is 5.75 Å². The minimum Gasteiger partial charge on any atom is -0.434 e. The van der Waals surface area contributed by atoms with Crippen LogP contribution >= 0.6 is 12.4 Å². The van der Waals surface area contributed by atoms with E-state index >= 15 is 0 Å². The van der Waals surface area contributed by atoms with Crippen LogP contribution in [0.15, 0.2) is 18.2 Å². The Balaban J connectivity index is 0.00000338. The van der Waals surface area contributed by atoms with Crippen LogP contribution in [0.5, 0.6) is 5.75 Å². The number of amides is 1. The van der Waals surface area contributed by atoms with Crippen molar-refractivity contribution in [3.05, 3.63) is 29.3 Å². The van der Waals surface area contributed by atoms with E-state index in [-0.39, 0.29) is 36.7 Å². The summed E-state index contributed by atoms with van der Waals surface area (Å²) in [5.74, 6) is -0.273. The molecule has 1 aromatic rings. The Bertz CT molecular complexity index is 643. The minimum absolute atomic E-state index is 0. The highest BCUT2D eigenvalue weighted by Crippen LogP contribution is 2.49. The van der Waals surface area contributed by atoms with Crippen molar-refractivity contribution in [2.75, 3.05) is 6.61 Å². The molecule has 26 heavy (non-hydrogen) atoms. The summed E-state index contributed by atoms with van der Waals surface area (Å²) in [7, 11) is 0. The smallest absolute Gasteiger partial charge is 0.387 e. The number of halogens is 3. The van der Waals surface area contributed by atoms with E-state index in [2.05, 4.69) is 10.1 Å². The van der Waals surface area contributed by atoms with Crippen molar-refractivity contribution in [1.82, 2.24) is 5.32 Å². The maximum atomic E-state index is 12.6. The lowest BCUT2D eigenvalue weighted by Crippen LogP contribution is -2.75. The van der Waals surface area contributed by atoms with E-state index in [0.717, 1.165) is 5.56 Å². The normalized spacial score (nSPS) is 23.8. The van der Waals surface area contributed by atoms with E-state index in [9.17, 15) is 13.6 Å². The van der Waals surface area contributed by atoms with Crippen LogP contribution in [0.4, 0.5) is 8.78 Å². The van der Waals surface area contributed by atoms with E-state index in [1.807, 2.05) is 27.7 Å². The van der Waals surface area contributed by atoms with Crippen molar-refractivity contribution < 1.29 is 23.0 Å². The van der Waals surface area contributed by atoms with Crippen molar-refractivity contribution >= 4 is 18.3 Å². The molecule has 1 aliphatic carbocycles. The fraction of sp³-hybridized carbons (Fsp3) is 0.611. The first-order chi connectivity index (χ1) is 11.6. The molecule has 0 aliphatic heterocycles. The lowest BCUT2D eigenvalue weighted by molar-refractivity contribution is -0.170. The highest BCUT2D eigenvalue weighted by atomic mass is 35.5. The number of ether oxygens (including phenoxy) is 2. The van der Waals surface area contributed by atoms with E-state index < -0.39 is 17.6 Å². The number of alkyl halides is 2. The van der Waals surface area contributed by atoms with Crippen LogP contribution in [-0.4, -0.2) is 30.8 Å². The largest absolute Gasteiger partial charge is 0.434 e. The molecule has 1 aromatic carbocycles. The maximum Gasteiger partial charge on any atom is 0.387 e. The molecule has 2 unspecified atom stereocenters. The van der Waals surface area contributed by atoms with Gasteiger partial charge in [-0.25, -0.2) is 0 Å². The van der Waals surface area contributed by atoms with E-state index in [1.54, 1.807) is 12.1 Å². The van der Waals surface area contributed by atoms with Gasteiger partial charge in [0.2, 0.25) is 5.91 Å². The van der Waals surface area contributed by atoms with Gasteiger partial charge < -0.3 is 20.5 Å². The highest BCUT2D eigenvalue weighted by Gasteiger charge is 2.62. The van der Waals surface area contributed by atoms with Gasteiger partial charge in [-0.15, -0.1) is 12.4 Å². The Morgan fingerprint density at radius 3 is 2.62 bits per heavy atom. The average molecular weight is 393 g/mol. The first-order valence-electron chi connectivity index (χ1n) is 8.35. The number of nitrogens with one attached hydrogen (secondary N) is 1. The molecule has 0 heterocycles. The molecule has 0 radical (unpaired) electrons. The number of hydrogen-bond donors (Lipinski definition) is 2. The summed E-state index contributed by atoms with van der Waals surface area (Å²) in [5.41, 5.74) is 6.11. The molecule has 0 spiro atoms. The van der Waals surface area contributed by atoms with Crippen LogP contribution in [-0.2, 0) is 16.1 Å². The van der Waals surface area contributed by atoms with E-state index in [4.69, 9.17) is 10.5 Å². The van der Waals surface area contributed by atoms with Gasteiger partial charge in [0.15, 0.2) is 0 Å². The average Bonchev–Trinajstić information content (AvgIpc) is 2.53. The lowest BCUT2D eigenvalue weighted by Gasteiger charge is -2.57. The molecule has 0 saturated heterocycles. The topological polar surface area (TPSA) is 73.6 Å². The number of carbonyl (C=O) groups is 1. The zero-order valence-electron chi connectivity index (χ0n) is 15.5. The lowest BCUT2D eigenvalue weighted by atomic mass is 9.54. The SMILES string of the molecule is CCOC1CC(N)(C(=O)NCc2cc(C)ccc2OC(F)F)C1(C)C.Cl. The predicted octanol–water partition coefficient (Wildman–Crippen LogP) is 3.17. The van der Waals surface area contributed by atoms with E-state index in [0.29, 0.717) is 18.6 Å². The number of benzene rings is 1. The molecule has 1 amide bonds. The van der Waals surface area contributed by atoms with E-state index in [1.165, 1.54) is 6.07 Å². The van der Waals surface area contributed by atoms with Gasteiger partial charge in [-0.2, -0.15) is 8.78 Å². The quantitative estimate of drug-likeness (QED) is 0.747. The summed E-state index contributed by atoms with van der Waals surface area (Å²) in [4.78, 5) is 12.6. The number of nitrogens with two attached hydrogens (primary N) is 1. The number of carbonyl (C=O) groups excluding carboxylic acids is 1. The summed E-state index contributed by atoms with van der Waals surface area (Å²) in [5, 5.41) is 2.76. The molecule has 3 N–H and O–H groups in total. The molecule has 0 aromatic heterocycles. The van der Waals surface area contributed by atoms with Gasteiger partial charge >= 0.3 is 6.61 Å². The number of aryl methyl sites for hydroxylation is 1. The highest BCUT2D eigenvalue weighted by molar-refractivity contribution is 5.88. The summed E-state index contributed by atoms with van der Waals surface area (Å²) in [6, 6.07) is 4.85. The molecule has 8 heteroatoms. The van der Waals surface area contributed by atoms with Crippen LogP contribution in [0.1, 0.15) is 38.3 Å². The van der Waals surface area contributed by atoms with Gasteiger partial charge in [-0.3, -0.25) is 4.79 Å². The van der Waals surface area contributed by atoms with Crippen LogP contribution < -0.4 is 15.8 Å². The molecule has 1 fully saturated rings. The fourth-order valence-electron chi connectivity index (χ4n) is 3.21. The predicted molar refractivity (Wildman–Crippen MR) is 97.6 cm³/mol. The Morgan fingerprint density at radius 2 is 2.08 bits per heavy atom. The Morgan fingerprint density at radius 1 is 1.42 bits per heavy atom. The Kier molecular flexibility index (Phi) is 7.39. The molecule has 5 nitrogen and oxygen atoms in total. The van der Waals surface area contributed by atoms with Crippen LogP contribution in [0.25, 0.3) is 0 Å². The summed E-state index contributed by atoms with van der Waals surface area (Å²) < 4.78 is 35.2. The fourth-order valence-corrected chi connectivity index (χ4v) is 3.21. The zero-order valence-corrected chi connectivity index (χ0v) is 16.3. The molecule has 1 saturated carbocycles. The Labute approximate surface area is 159 Å². The molecule has 148 valence electrons. The van der Waals surface area contributed by atoms with Gasteiger partial charge in [0.05, 0.1) is 6.10 Å². The first-order valence-corrected chi connectivity index (χ1v) is 8.35. The van der Waals surface area contributed by atoms with Crippen molar-refractivity contribution in [2.45, 2.75) is 58.9 Å². The minimum atomic E-state index is -2.92. The third-order valence-electron chi connectivity index (χ3n) is 5.11. The molecule has 2 atom stereocenters. The molecule has 1 aliphatic rings. The molecular formula is C18H27ClF2N2O3. The van der Waals surface area contributed by atoms with Crippen LogP contribution in [0.3, 0.4) is 0 Å². The monoisotopic (exact) mass is 392 g/mol. The summed E-state index contributed by atoms with van der Waals surface area (Å²) in [6.07, 6.45) is 0.346.